The van der Waals surface area contributed by atoms with Gasteiger partial charge in [0.15, 0.2) is 0 Å². The maximum absolute atomic E-state index is 10.3. The van der Waals surface area contributed by atoms with E-state index < -0.39 is 5.97 Å². The van der Waals surface area contributed by atoms with Gasteiger partial charge in [0.2, 0.25) is 0 Å². The first-order valence-corrected chi connectivity index (χ1v) is 6.82. The van der Waals surface area contributed by atoms with Gasteiger partial charge in [-0.05, 0) is 31.4 Å². The maximum Gasteiger partial charge on any atom is 1.00 e. The van der Waals surface area contributed by atoms with Gasteiger partial charge >= 0.3 is 18.9 Å². The third-order valence-electron chi connectivity index (χ3n) is 3.41. The van der Waals surface area contributed by atoms with Crippen LogP contribution in [0.3, 0.4) is 0 Å². The van der Waals surface area contributed by atoms with Crippen molar-refractivity contribution in [3.8, 4) is 0 Å². The molecule has 0 N–H and O–H groups in total. The number of benzene rings is 1. The van der Waals surface area contributed by atoms with E-state index in [1.54, 1.807) is 0 Å². The number of hydrogen-bond acceptors (Lipinski definition) is 4. The monoisotopic (exact) mass is 269 g/mol. The third-order valence-corrected chi connectivity index (χ3v) is 3.41. The molecule has 1 saturated heterocycles. The van der Waals surface area contributed by atoms with Crippen molar-refractivity contribution in [3.05, 3.63) is 35.9 Å². The van der Waals surface area contributed by atoms with E-state index in [1.165, 1.54) is 5.56 Å². The summed E-state index contributed by atoms with van der Waals surface area (Å²) in [5, 5.41) is 10.3. The van der Waals surface area contributed by atoms with E-state index >= 15 is 0 Å². The van der Waals surface area contributed by atoms with E-state index in [0.717, 1.165) is 26.1 Å². The van der Waals surface area contributed by atoms with Gasteiger partial charge in [0.05, 0.1) is 12.7 Å². The predicted molar refractivity (Wildman–Crippen MR) is 70.3 cm³/mol. The summed E-state index contributed by atoms with van der Waals surface area (Å²) in [6.07, 6.45) is 2.10. The molecule has 5 heteroatoms. The number of carbonyl (C=O) groups is 1. The summed E-state index contributed by atoms with van der Waals surface area (Å²) in [6, 6.07) is 10.1. The number of ether oxygens (including phenoxy) is 1. The topological polar surface area (TPSA) is 52.6 Å². The minimum Gasteiger partial charge on any atom is -0.550 e. The average molecular weight is 269 g/mol. The van der Waals surface area contributed by atoms with Crippen LogP contribution in [0.25, 0.3) is 0 Å². The van der Waals surface area contributed by atoms with Crippen LogP contribution >= 0.6 is 0 Å². The van der Waals surface area contributed by atoms with Crippen molar-refractivity contribution < 1.29 is 33.5 Å². The minimum atomic E-state index is -0.962. The molecule has 4 nitrogen and oxygen atoms in total. The zero-order valence-electron chi connectivity index (χ0n) is 12.1. The van der Waals surface area contributed by atoms with Crippen LogP contribution in [0.5, 0.6) is 0 Å². The van der Waals surface area contributed by atoms with Gasteiger partial charge < -0.3 is 19.5 Å². The van der Waals surface area contributed by atoms with Crippen LogP contribution < -0.4 is 24.0 Å². The van der Waals surface area contributed by atoms with E-state index in [-0.39, 0.29) is 31.4 Å². The number of carboxylic acid groups (broad SMARTS) is 1. The van der Waals surface area contributed by atoms with E-state index in [2.05, 4.69) is 17.0 Å². The molecule has 1 aliphatic heterocycles. The van der Waals surface area contributed by atoms with Crippen molar-refractivity contribution in [3.63, 3.8) is 0 Å². The van der Waals surface area contributed by atoms with Crippen molar-refractivity contribution >= 4 is 5.97 Å². The van der Waals surface area contributed by atoms with Crippen LogP contribution in [0.4, 0.5) is 0 Å². The molecule has 0 aromatic heterocycles. The smallest absolute Gasteiger partial charge is 0.550 e. The Labute approximate surface area is 132 Å². The summed E-state index contributed by atoms with van der Waals surface area (Å²) in [5.41, 5.74) is 1.19. The van der Waals surface area contributed by atoms with Gasteiger partial charge in [-0.25, -0.2) is 0 Å². The number of carbonyl (C=O) groups excluding carboxylic acids is 1. The Morgan fingerprint density at radius 3 is 2.80 bits per heavy atom. The second-order valence-electron chi connectivity index (χ2n) is 4.98. The molecule has 0 bridgehead atoms. The summed E-state index contributed by atoms with van der Waals surface area (Å²) >= 11 is 0. The first kappa shape index (κ1) is 17.3. The molecule has 0 unspecified atom stereocenters. The zero-order chi connectivity index (χ0) is 13.5. The number of likely N-dealkylation sites (tertiary alicyclic amines) is 1. The number of hydrogen-bond donors (Lipinski definition) is 0. The second kappa shape index (κ2) is 9.20. The fourth-order valence-electron chi connectivity index (χ4n) is 2.37. The van der Waals surface area contributed by atoms with Gasteiger partial charge in [-0.15, -0.1) is 0 Å². The fourth-order valence-corrected chi connectivity index (χ4v) is 2.37. The van der Waals surface area contributed by atoms with Crippen LogP contribution in [0.15, 0.2) is 30.3 Å². The Bertz CT molecular complexity index is 399. The molecule has 1 atom stereocenters. The Morgan fingerprint density at radius 2 is 2.10 bits per heavy atom. The molecule has 1 heterocycles. The summed E-state index contributed by atoms with van der Waals surface area (Å²) in [4.78, 5) is 12.6. The Hall–Kier alpha value is -0.793. The molecule has 0 radical (unpaired) electrons. The van der Waals surface area contributed by atoms with E-state index in [9.17, 15) is 9.90 Å². The number of rotatable bonds is 7. The standard InChI is InChI=1S/C15H21NO3.Li/c17-15(18)7-4-9-16-10-8-14(11-16)19-12-13-5-2-1-3-6-13;/h1-3,5-6,14H,4,7-12H2,(H,17,18);/q;+1/p-1/t14-;/m1./s1. The normalized spacial score (nSPS) is 18.7. The number of carboxylic acids is 1. The Morgan fingerprint density at radius 1 is 1.35 bits per heavy atom. The molecular weight excluding hydrogens is 249 g/mol. The number of aliphatic carboxylic acids is 1. The molecule has 0 saturated carbocycles. The fraction of sp³-hybridized carbons (Fsp3) is 0.533. The summed E-state index contributed by atoms with van der Waals surface area (Å²) in [5.74, 6) is -0.962. The molecule has 1 fully saturated rings. The Kier molecular flexibility index (Phi) is 7.94. The van der Waals surface area contributed by atoms with Crippen LogP contribution in [0.2, 0.25) is 0 Å². The molecule has 1 aromatic carbocycles. The molecule has 1 aliphatic rings. The SMILES string of the molecule is O=C([O-])CCCN1CC[C@@H](OCc2ccccc2)C1.[Li+]. The third kappa shape index (κ3) is 6.11. The molecular formula is C15H20LiNO3. The molecule has 104 valence electrons. The van der Waals surface area contributed by atoms with Gasteiger partial charge in [0, 0.05) is 19.1 Å². The van der Waals surface area contributed by atoms with Crippen molar-refractivity contribution in [2.75, 3.05) is 19.6 Å². The van der Waals surface area contributed by atoms with Gasteiger partial charge in [-0.2, -0.15) is 0 Å². The maximum atomic E-state index is 10.3. The van der Waals surface area contributed by atoms with Crippen LogP contribution in [-0.2, 0) is 16.1 Å². The van der Waals surface area contributed by atoms with Crippen molar-refractivity contribution in [1.82, 2.24) is 4.90 Å². The van der Waals surface area contributed by atoms with Crippen molar-refractivity contribution in [1.29, 1.82) is 0 Å². The van der Waals surface area contributed by atoms with Gasteiger partial charge in [0.25, 0.3) is 0 Å². The first-order valence-electron chi connectivity index (χ1n) is 6.82. The van der Waals surface area contributed by atoms with Crippen LogP contribution in [0.1, 0.15) is 24.8 Å². The van der Waals surface area contributed by atoms with Gasteiger partial charge in [0.1, 0.15) is 0 Å². The van der Waals surface area contributed by atoms with E-state index in [4.69, 9.17) is 4.74 Å². The first-order chi connectivity index (χ1) is 9.24. The molecule has 20 heavy (non-hydrogen) atoms. The van der Waals surface area contributed by atoms with Crippen molar-refractivity contribution in [2.24, 2.45) is 0 Å². The van der Waals surface area contributed by atoms with Crippen LogP contribution in [-0.4, -0.2) is 36.6 Å². The molecule has 0 aliphatic carbocycles. The largest absolute Gasteiger partial charge is 1.00 e. The van der Waals surface area contributed by atoms with Crippen molar-refractivity contribution in [2.45, 2.75) is 32.0 Å². The second-order valence-corrected chi connectivity index (χ2v) is 4.98. The molecule has 1 aromatic rings. The van der Waals surface area contributed by atoms with Gasteiger partial charge in [-0.1, -0.05) is 30.3 Å². The summed E-state index contributed by atoms with van der Waals surface area (Å²) in [6.45, 7) is 3.37. The summed E-state index contributed by atoms with van der Waals surface area (Å²) in [7, 11) is 0. The van der Waals surface area contributed by atoms with Crippen LogP contribution in [0, 0.1) is 0 Å². The minimum absolute atomic E-state index is 0. The Balaban J connectivity index is 0.00000200. The summed E-state index contributed by atoms with van der Waals surface area (Å²) < 4.78 is 5.88. The quantitative estimate of drug-likeness (QED) is 0.528. The van der Waals surface area contributed by atoms with Gasteiger partial charge in [-0.3, -0.25) is 0 Å². The molecule has 2 rings (SSSR count). The molecule has 0 amide bonds. The molecule has 0 spiro atoms. The average Bonchev–Trinajstić information content (AvgIpc) is 2.85. The van der Waals surface area contributed by atoms with E-state index in [1.807, 2.05) is 18.2 Å². The zero-order valence-corrected chi connectivity index (χ0v) is 12.1. The van der Waals surface area contributed by atoms with E-state index in [0.29, 0.717) is 13.0 Å². The number of nitrogens with zero attached hydrogens (tertiary/aromatic N) is 1. The predicted octanol–water partition coefficient (Wildman–Crippen LogP) is -2.19.